The molecule has 0 amide bonds. The van der Waals surface area contributed by atoms with Crippen molar-refractivity contribution in [1.82, 2.24) is 19.4 Å². The number of sulfonamides is 1. The van der Waals surface area contributed by atoms with E-state index >= 15 is 0 Å². The van der Waals surface area contributed by atoms with Gasteiger partial charge in [-0.05, 0) is 6.42 Å². The van der Waals surface area contributed by atoms with Crippen molar-refractivity contribution in [1.29, 1.82) is 0 Å². The Bertz CT molecular complexity index is 494. The van der Waals surface area contributed by atoms with E-state index in [0.29, 0.717) is 25.7 Å². The molecule has 0 aliphatic carbocycles. The molecule has 20 heavy (non-hydrogen) atoms. The third-order valence-electron chi connectivity index (χ3n) is 3.79. The Balaban J connectivity index is 1.98. The lowest BCUT2D eigenvalue weighted by atomic mass is 10.1. The second kappa shape index (κ2) is 6.66. The standard InChI is InChI=1S/C12H23N5O2S/c1-2-3-11(8-13)16-4-6-17(7-5-16)20(18,19)12-9-14-15-10-12/h9-11H,2-8,13H2,1H3,(H,14,15). The van der Waals surface area contributed by atoms with Crippen molar-refractivity contribution < 1.29 is 8.42 Å². The van der Waals surface area contributed by atoms with E-state index in [4.69, 9.17) is 5.73 Å². The molecule has 114 valence electrons. The molecule has 2 heterocycles. The number of rotatable bonds is 6. The van der Waals surface area contributed by atoms with E-state index in [1.165, 1.54) is 16.7 Å². The molecule has 7 nitrogen and oxygen atoms in total. The summed E-state index contributed by atoms with van der Waals surface area (Å²) in [5, 5.41) is 6.25. The lowest BCUT2D eigenvalue weighted by Gasteiger charge is -2.38. The molecule has 1 aliphatic rings. The Labute approximate surface area is 120 Å². The highest BCUT2D eigenvalue weighted by Crippen LogP contribution is 2.17. The van der Waals surface area contributed by atoms with E-state index in [9.17, 15) is 8.42 Å². The lowest BCUT2D eigenvalue weighted by molar-refractivity contribution is 0.133. The summed E-state index contributed by atoms with van der Waals surface area (Å²) in [6, 6.07) is 0.360. The van der Waals surface area contributed by atoms with Crippen LogP contribution in [0.15, 0.2) is 17.3 Å². The number of hydrogen-bond acceptors (Lipinski definition) is 5. The van der Waals surface area contributed by atoms with Gasteiger partial charge >= 0.3 is 0 Å². The van der Waals surface area contributed by atoms with Gasteiger partial charge in [-0.1, -0.05) is 13.3 Å². The fourth-order valence-corrected chi connectivity index (χ4v) is 3.95. The number of nitrogens with two attached hydrogens (primary N) is 1. The van der Waals surface area contributed by atoms with Crippen LogP contribution in [0.25, 0.3) is 0 Å². The van der Waals surface area contributed by atoms with E-state index in [-0.39, 0.29) is 4.90 Å². The molecule has 2 rings (SSSR count). The van der Waals surface area contributed by atoms with Crippen LogP contribution >= 0.6 is 0 Å². The monoisotopic (exact) mass is 301 g/mol. The van der Waals surface area contributed by atoms with Crippen molar-refractivity contribution in [2.45, 2.75) is 30.7 Å². The second-order valence-electron chi connectivity index (χ2n) is 5.05. The number of piperazine rings is 1. The van der Waals surface area contributed by atoms with Gasteiger partial charge in [0.15, 0.2) is 0 Å². The lowest BCUT2D eigenvalue weighted by Crippen LogP contribution is -2.53. The van der Waals surface area contributed by atoms with E-state index in [2.05, 4.69) is 22.0 Å². The van der Waals surface area contributed by atoms with Gasteiger partial charge in [-0.25, -0.2) is 8.42 Å². The van der Waals surface area contributed by atoms with Gasteiger partial charge in [-0.2, -0.15) is 9.40 Å². The second-order valence-corrected chi connectivity index (χ2v) is 6.99. The Morgan fingerprint density at radius 1 is 1.40 bits per heavy atom. The molecular formula is C12H23N5O2S. The minimum Gasteiger partial charge on any atom is -0.329 e. The van der Waals surface area contributed by atoms with Crippen molar-refractivity contribution >= 4 is 10.0 Å². The third kappa shape index (κ3) is 3.20. The van der Waals surface area contributed by atoms with Crippen LogP contribution in [0.2, 0.25) is 0 Å². The molecule has 3 N–H and O–H groups in total. The first-order valence-corrected chi connectivity index (χ1v) is 8.46. The van der Waals surface area contributed by atoms with E-state index in [1.54, 1.807) is 0 Å². The molecule has 1 atom stereocenters. The normalized spacial score (nSPS) is 20.1. The van der Waals surface area contributed by atoms with Crippen molar-refractivity contribution in [3.63, 3.8) is 0 Å². The van der Waals surface area contributed by atoms with Gasteiger partial charge in [-0.15, -0.1) is 0 Å². The molecule has 1 aromatic heterocycles. The van der Waals surface area contributed by atoms with Gasteiger partial charge in [0, 0.05) is 45.0 Å². The molecule has 0 radical (unpaired) electrons. The number of nitrogens with zero attached hydrogens (tertiary/aromatic N) is 3. The molecule has 1 fully saturated rings. The summed E-state index contributed by atoms with van der Waals surface area (Å²) in [4.78, 5) is 2.53. The molecular weight excluding hydrogens is 278 g/mol. The Morgan fingerprint density at radius 3 is 2.60 bits per heavy atom. The minimum absolute atomic E-state index is 0.231. The van der Waals surface area contributed by atoms with Gasteiger partial charge in [-0.3, -0.25) is 10.00 Å². The van der Waals surface area contributed by atoms with Gasteiger partial charge in [0.05, 0.1) is 6.20 Å². The summed E-state index contributed by atoms with van der Waals surface area (Å²) in [6.07, 6.45) is 4.92. The highest BCUT2D eigenvalue weighted by Gasteiger charge is 2.30. The van der Waals surface area contributed by atoms with E-state index in [1.807, 2.05) is 0 Å². The Kier molecular flexibility index (Phi) is 5.14. The highest BCUT2D eigenvalue weighted by atomic mass is 32.2. The maximum Gasteiger partial charge on any atom is 0.246 e. The van der Waals surface area contributed by atoms with Crippen LogP contribution in [-0.4, -0.2) is 66.6 Å². The van der Waals surface area contributed by atoms with Gasteiger partial charge in [0.1, 0.15) is 4.90 Å². The molecule has 0 aromatic carbocycles. The number of H-pyrrole nitrogens is 1. The maximum atomic E-state index is 12.3. The molecule has 1 aromatic rings. The first kappa shape index (κ1) is 15.4. The van der Waals surface area contributed by atoms with E-state index < -0.39 is 10.0 Å². The fraction of sp³-hybridized carbons (Fsp3) is 0.750. The summed E-state index contributed by atoms with van der Waals surface area (Å²) in [5.74, 6) is 0. The number of aromatic amines is 1. The van der Waals surface area contributed by atoms with Crippen molar-refractivity contribution in [2.75, 3.05) is 32.7 Å². The zero-order chi connectivity index (χ0) is 14.6. The number of aromatic nitrogens is 2. The van der Waals surface area contributed by atoms with Crippen molar-refractivity contribution in [3.8, 4) is 0 Å². The molecule has 1 saturated heterocycles. The summed E-state index contributed by atoms with van der Waals surface area (Å²) in [7, 11) is -3.41. The topological polar surface area (TPSA) is 95.3 Å². The van der Waals surface area contributed by atoms with Crippen LogP contribution in [0, 0.1) is 0 Å². The van der Waals surface area contributed by atoms with Gasteiger partial charge < -0.3 is 5.73 Å². The largest absolute Gasteiger partial charge is 0.329 e. The van der Waals surface area contributed by atoms with Crippen molar-refractivity contribution in [3.05, 3.63) is 12.4 Å². The van der Waals surface area contributed by atoms with Crippen LogP contribution in [-0.2, 0) is 10.0 Å². The SMILES string of the molecule is CCCC(CN)N1CCN(S(=O)(=O)c2cn[nH]c2)CC1. The van der Waals surface area contributed by atoms with Crippen LogP contribution in [0.3, 0.4) is 0 Å². The van der Waals surface area contributed by atoms with E-state index in [0.717, 1.165) is 25.9 Å². The summed E-state index contributed by atoms with van der Waals surface area (Å²) >= 11 is 0. The number of hydrogen-bond donors (Lipinski definition) is 2. The van der Waals surface area contributed by atoms with Crippen LogP contribution in [0.1, 0.15) is 19.8 Å². The smallest absolute Gasteiger partial charge is 0.246 e. The van der Waals surface area contributed by atoms with Crippen LogP contribution in [0.5, 0.6) is 0 Å². The maximum absolute atomic E-state index is 12.3. The molecule has 0 spiro atoms. The molecule has 1 aliphatic heterocycles. The molecule has 0 saturated carbocycles. The average molecular weight is 301 g/mol. The molecule has 1 unspecified atom stereocenters. The van der Waals surface area contributed by atoms with Gasteiger partial charge in [0.25, 0.3) is 0 Å². The molecule has 8 heteroatoms. The van der Waals surface area contributed by atoms with Crippen LogP contribution < -0.4 is 5.73 Å². The van der Waals surface area contributed by atoms with Gasteiger partial charge in [0.2, 0.25) is 10.0 Å². The van der Waals surface area contributed by atoms with Crippen molar-refractivity contribution in [2.24, 2.45) is 5.73 Å². The Morgan fingerprint density at radius 2 is 2.10 bits per heavy atom. The Hall–Kier alpha value is -0.960. The zero-order valence-corrected chi connectivity index (χ0v) is 12.6. The highest BCUT2D eigenvalue weighted by molar-refractivity contribution is 7.89. The molecule has 0 bridgehead atoms. The first-order chi connectivity index (χ1) is 9.59. The van der Waals surface area contributed by atoms with Crippen LogP contribution in [0.4, 0.5) is 0 Å². The average Bonchev–Trinajstić information content (AvgIpc) is 3.00. The first-order valence-electron chi connectivity index (χ1n) is 7.02. The summed E-state index contributed by atoms with van der Waals surface area (Å²) in [5.41, 5.74) is 5.80. The summed E-state index contributed by atoms with van der Waals surface area (Å²) < 4.78 is 26.2. The third-order valence-corrected chi connectivity index (χ3v) is 5.66. The zero-order valence-electron chi connectivity index (χ0n) is 11.8. The minimum atomic E-state index is -3.41. The predicted octanol–water partition coefficient (Wildman–Crippen LogP) is -0.157. The summed E-state index contributed by atoms with van der Waals surface area (Å²) in [6.45, 7) is 5.25. The quantitative estimate of drug-likeness (QED) is 0.761. The fourth-order valence-electron chi connectivity index (χ4n) is 2.62. The number of nitrogens with one attached hydrogen (secondary N) is 1. The predicted molar refractivity (Wildman–Crippen MR) is 76.7 cm³/mol.